The molecule has 0 aliphatic rings. The van der Waals surface area contributed by atoms with Crippen molar-refractivity contribution in [3.05, 3.63) is 16.4 Å². The fourth-order valence-electron chi connectivity index (χ4n) is 1.70. The maximum atomic E-state index is 6.14. The Balaban J connectivity index is 2.64. The standard InChI is InChI=1S/C11H20ClN3/c1-5-9(6-2)13-7-10-8(3)14-15(4)11(10)12/h9,13H,5-7H2,1-4H3. The molecule has 0 aliphatic carbocycles. The maximum absolute atomic E-state index is 6.14. The summed E-state index contributed by atoms with van der Waals surface area (Å²) in [5.74, 6) is 0. The van der Waals surface area contributed by atoms with Crippen LogP contribution in [0.4, 0.5) is 0 Å². The zero-order valence-corrected chi connectivity index (χ0v) is 10.7. The minimum Gasteiger partial charge on any atom is -0.310 e. The summed E-state index contributed by atoms with van der Waals surface area (Å²) in [6.07, 6.45) is 2.29. The Kier molecular flexibility index (Phi) is 4.61. The summed E-state index contributed by atoms with van der Waals surface area (Å²) in [4.78, 5) is 0. The first-order chi connectivity index (χ1) is 7.10. The van der Waals surface area contributed by atoms with E-state index < -0.39 is 0 Å². The SMILES string of the molecule is CCC(CC)NCc1c(C)nn(C)c1Cl. The van der Waals surface area contributed by atoms with Gasteiger partial charge in [-0.25, -0.2) is 0 Å². The molecule has 1 rings (SSSR count). The minimum atomic E-state index is 0.570. The van der Waals surface area contributed by atoms with Gasteiger partial charge < -0.3 is 5.32 Å². The van der Waals surface area contributed by atoms with Gasteiger partial charge in [0.05, 0.1) is 5.69 Å². The zero-order valence-electron chi connectivity index (χ0n) is 9.97. The van der Waals surface area contributed by atoms with Crippen molar-refractivity contribution < 1.29 is 0 Å². The van der Waals surface area contributed by atoms with E-state index in [-0.39, 0.29) is 0 Å². The highest BCUT2D eigenvalue weighted by molar-refractivity contribution is 6.30. The van der Waals surface area contributed by atoms with Crippen LogP contribution in [0.1, 0.15) is 37.9 Å². The van der Waals surface area contributed by atoms with Crippen molar-refractivity contribution in [2.75, 3.05) is 0 Å². The van der Waals surface area contributed by atoms with Gasteiger partial charge in [0.15, 0.2) is 0 Å². The summed E-state index contributed by atoms with van der Waals surface area (Å²) in [6, 6.07) is 0.570. The molecule has 0 atom stereocenters. The molecule has 4 heteroatoms. The number of hydrogen-bond acceptors (Lipinski definition) is 2. The number of aromatic nitrogens is 2. The molecule has 0 bridgehead atoms. The topological polar surface area (TPSA) is 29.9 Å². The molecule has 0 saturated heterocycles. The summed E-state index contributed by atoms with van der Waals surface area (Å²) in [5.41, 5.74) is 2.13. The smallest absolute Gasteiger partial charge is 0.131 e. The van der Waals surface area contributed by atoms with Crippen molar-refractivity contribution in [1.82, 2.24) is 15.1 Å². The van der Waals surface area contributed by atoms with Gasteiger partial charge in [-0.05, 0) is 19.8 Å². The molecule has 0 aromatic carbocycles. The summed E-state index contributed by atoms with van der Waals surface area (Å²) >= 11 is 6.14. The number of halogens is 1. The van der Waals surface area contributed by atoms with Crippen LogP contribution in [0.25, 0.3) is 0 Å². The maximum Gasteiger partial charge on any atom is 0.131 e. The van der Waals surface area contributed by atoms with E-state index >= 15 is 0 Å². The van der Waals surface area contributed by atoms with Crippen LogP contribution in [0.5, 0.6) is 0 Å². The number of nitrogens with one attached hydrogen (secondary N) is 1. The second-order valence-electron chi connectivity index (χ2n) is 3.87. The van der Waals surface area contributed by atoms with Crippen LogP contribution in [-0.2, 0) is 13.6 Å². The first kappa shape index (κ1) is 12.5. The van der Waals surface area contributed by atoms with Crippen molar-refractivity contribution in [2.24, 2.45) is 7.05 Å². The molecule has 1 aromatic rings. The molecule has 1 N–H and O–H groups in total. The van der Waals surface area contributed by atoms with Crippen molar-refractivity contribution in [2.45, 2.75) is 46.2 Å². The average Bonchev–Trinajstić information content (AvgIpc) is 2.45. The van der Waals surface area contributed by atoms with E-state index in [1.807, 2.05) is 14.0 Å². The van der Waals surface area contributed by atoms with Crippen LogP contribution in [0.3, 0.4) is 0 Å². The largest absolute Gasteiger partial charge is 0.310 e. The first-order valence-electron chi connectivity index (χ1n) is 5.51. The summed E-state index contributed by atoms with van der Waals surface area (Å²) in [6.45, 7) is 7.19. The lowest BCUT2D eigenvalue weighted by Gasteiger charge is -2.14. The third kappa shape index (κ3) is 2.95. The highest BCUT2D eigenvalue weighted by Gasteiger charge is 2.12. The predicted molar refractivity (Wildman–Crippen MR) is 64.2 cm³/mol. The molecule has 0 spiro atoms. The molecule has 0 amide bonds. The lowest BCUT2D eigenvalue weighted by atomic mass is 10.1. The van der Waals surface area contributed by atoms with E-state index in [0.29, 0.717) is 6.04 Å². The average molecular weight is 230 g/mol. The van der Waals surface area contributed by atoms with Gasteiger partial charge in [-0.1, -0.05) is 25.4 Å². The molecule has 0 unspecified atom stereocenters. The van der Waals surface area contributed by atoms with Gasteiger partial charge in [-0.2, -0.15) is 5.10 Å². The first-order valence-corrected chi connectivity index (χ1v) is 5.89. The Labute approximate surface area is 96.8 Å². The van der Waals surface area contributed by atoms with Crippen molar-refractivity contribution in [3.63, 3.8) is 0 Å². The van der Waals surface area contributed by atoms with Crippen molar-refractivity contribution in [1.29, 1.82) is 0 Å². The molecule has 3 nitrogen and oxygen atoms in total. The normalized spacial score (nSPS) is 11.3. The second-order valence-corrected chi connectivity index (χ2v) is 4.23. The van der Waals surface area contributed by atoms with Crippen LogP contribution in [0.15, 0.2) is 0 Å². The molecular weight excluding hydrogens is 210 g/mol. The molecule has 86 valence electrons. The van der Waals surface area contributed by atoms with E-state index in [4.69, 9.17) is 11.6 Å². The van der Waals surface area contributed by atoms with Crippen LogP contribution in [0, 0.1) is 6.92 Å². The number of nitrogens with zero attached hydrogens (tertiary/aromatic N) is 2. The number of hydrogen-bond donors (Lipinski definition) is 1. The van der Waals surface area contributed by atoms with Gasteiger partial charge in [0.2, 0.25) is 0 Å². The predicted octanol–water partition coefficient (Wildman–Crippen LogP) is 2.66. The lowest BCUT2D eigenvalue weighted by molar-refractivity contribution is 0.483. The number of aryl methyl sites for hydroxylation is 2. The van der Waals surface area contributed by atoms with Gasteiger partial charge >= 0.3 is 0 Å². The van der Waals surface area contributed by atoms with E-state index in [2.05, 4.69) is 24.3 Å². The van der Waals surface area contributed by atoms with E-state index in [0.717, 1.165) is 35.8 Å². The molecule has 1 aromatic heterocycles. The van der Waals surface area contributed by atoms with Crippen LogP contribution in [0.2, 0.25) is 5.15 Å². The quantitative estimate of drug-likeness (QED) is 0.842. The Morgan fingerprint density at radius 2 is 2.00 bits per heavy atom. The molecule has 0 fully saturated rings. The number of rotatable bonds is 5. The molecule has 0 aliphatic heterocycles. The van der Waals surface area contributed by atoms with Crippen LogP contribution in [-0.4, -0.2) is 15.8 Å². The third-order valence-electron chi connectivity index (χ3n) is 2.82. The third-order valence-corrected chi connectivity index (χ3v) is 3.30. The monoisotopic (exact) mass is 229 g/mol. The molecule has 15 heavy (non-hydrogen) atoms. The molecule has 0 saturated carbocycles. The summed E-state index contributed by atoms with van der Waals surface area (Å²) in [5, 5.41) is 8.52. The Hall–Kier alpha value is -0.540. The highest BCUT2D eigenvalue weighted by Crippen LogP contribution is 2.18. The Morgan fingerprint density at radius 3 is 2.40 bits per heavy atom. The van der Waals surface area contributed by atoms with Crippen molar-refractivity contribution in [3.8, 4) is 0 Å². The fraction of sp³-hybridized carbons (Fsp3) is 0.727. The van der Waals surface area contributed by atoms with Crippen LogP contribution < -0.4 is 5.32 Å². The van der Waals surface area contributed by atoms with E-state index in [9.17, 15) is 0 Å². The summed E-state index contributed by atoms with van der Waals surface area (Å²) < 4.78 is 1.72. The second kappa shape index (κ2) is 5.52. The highest BCUT2D eigenvalue weighted by atomic mass is 35.5. The Bertz CT molecular complexity index is 316. The fourth-order valence-corrected chi connectivity index (χ4v) is 1.94. The summed E-state index contributed by atoms with van der Waals surface area (Å²) in [7, 11) is 1.87. The van der Waals surface area contributed by atoms with Gasteiger partial charge in [-0.15, -0.1) is 0 Å². The van der Waals surface area contributed by atoms with E-state index in [1.54, 1.807) is 4.68 Å². The van der Waals surface area contributed by atoms with Gasteiger partial charge in [0, 0.05) is 25.2 Å². The van der Waals surface area contributed by atoms with Gasteiger partial charge in [-0.3, -0.25) is 4.68 Å². The molecule has 0 radical (unpaired) electrons. The molecular formula is C11H20ClN3. The molecule has 1 heterocycles. The lowest BCUT2D eigenvalue weighted by Crippen LogP contribution is -2.27. The zero-order chi connectivity index (χ0) is 11.4. The van der Waals surface area contributed by atoms with Gasteiger partial charge in [0.25, 0.3) is 0 Å². The van der Waals surface area contributed by atoms with E-state index in [1.165, 1.54) is 0 Å². The Morgan fingerprint density at radius 1 is 1.40 bits per heavy atom. The van der Waals surface area contributed by atoms with Gasteiger partial charge in [0.1, 0.15) is 5.15 Å². The minimum absolute atomic E-state index is 0.570. The van der Waals surface area contributed by atoms with Crippen molar-refractivity contribution >= 4 is 11.6 Å². The van der Waals surface area contributed by atoms with Crippen LogP contribution >= 0.6 is 11.6 Å².